The molecule has 34 heavy (non-hydrogen) atoms. The number of unbranched alkanes of at least 4 members (excludes halogenated alkanes) is 1. The molecule has 2 aromatic heterocycles. The molecule has 1 saturated heterocycles. The molecule has 2 fully saturated rings. The molecule has 2 aliphatic rings. The molecule has 180 valence electrons. The number of carbonyl (C=O) groups is 1. The zero-order valence-corrected chi connectivity index (χ0v) is 20.2. The third-order valence-corrected chi connectivity index (χ3v) is 7.34. The van der Waals surface area contributed by atoms with Crippen molar-refractivity contribution in [3.8, 4) is 11.3 Å². The lowest BCUT2D eigenvalue weighted by molar-refractivity contribution is -0.131. The predicted molar refractivity (Wildman–Crippen MR) is 134 cm³/mol. The number of hydrogen-bond acceptors (Lipinski definition) is 6. The monoisotopic (exact) mass is 461 g/mol. The van der Waals surface area contributed by atoms with Crippen LogP contribution in [0.25, 0.3) is 22.4 Å². The molecule has 0 unspecified atom stereocenters. The highest BCUT2D eigenvalue weighted by atomic mass is 16.5. The minimum absolute atomic E-state index is 0.304. The third kappa shape index (κ3) is 4.93. The first-order valence-corrected chi connectivity index (χ1v) is 13.0. The van der Waals surface area contributed by atoms with Crippen LogP contribution in [-0.2, 0) is 11.2 Å². The summed E-state index contributed by atoms with van der Waals surface area (Å²) >= 11 is 0. The van der Waals surface area contributed by atoms with Crippen LogP contribution in [0.4, 0.5) is 5.82 Å². The number of amides is 1. The van der Waals surface area contributed by atoms with Crippen LogP contribution in [0.5, 0.6) is 0 Å². The first kappa shape index (κ1) is 22.8. The first-order valence-electron chi connectivity index (χ1n) is 13.0. The summed E-state index contributed by atoms with van der Waals surface area (Å²) in [6.07, 6.45) is 9.94. The lowest BCUT2D eigenvalue weighted by Crippen LogP contribution is -2.49. The molecule has 0 bridgehead atoms. The maximum Gasteiger partial charge on any atom is 0.263 e. The molecule has 7 nitrogen and oxygen atoms in total. The van der Waals surface area contributed by atoms with Crippen molar-refractivity contribution in [2.75, 3.05) is 31.1 Å². The molecular weight excluding hydrogens is 426 g/mol. The van der Waals surface area contributed by atoms with Gasteiger partial charge < -0.3 is 14.3 Å². The van der Waals surface area contributed by atoms with E-state index >= 15 is 0 Å². The number of anilines is 1. The normalized spacial score (nSPS) is 17.1. The van der Waals surface area contributed by atoms with Crippen LogP contribution in [0.2, 0.25) is 0 Å². The fourth-order valence-corrected chi connectivity index (χ4v) is 5.30. The van der Waals surface area contributed by atoms with Crippen molar-refractivity contribution < 1.29 is 9.32 Å². The maximum absolute atomic E-state index is 12.8. The van der Waals surface area contributed by atoms with Crippen LogP contribution in [0.15, 0.2) is 34.9 Å². The predicted octanol–water partition coefficient (Wildman–Crippen LogP) is 5.25. The molecule has 0 N–H and O–H groups in total. The van der Waals surface area contributed by atoms with Crippen molar-refractivity contribution in [1.82, 2.24) is 20.0 Å². The average Bonchev–Trinajstić information content (AvgIpc) is 3.56. The van der Waals surface area contributed by atoms with E-state index in [1.165, 1.54) is 25.7 Å². The molecule has 1 amide bonds. The van der Waals surface area contributed by atoms with Gasteiger partial charge in [-0.25, -0.2) is 4.98 Å². The van der Waals surface area contributed by atoms with Gasteiger partial charge in [0.25, 0.3) is 5.71 Å². The Balaban J connectivity index is 1.35. The maximum atomic E-state index is 12.8. The number of carbonyl (C=O) groups excluding carboxylic acids is 1. The van der Waals surface area contributed by atoms with E-state index in [4.69, 9.17) is 9.51 Å². The van der Waals surface area contributed by atoms with Crippen LogP contribution in [-0.4, -0.2) is 52.1 Å². The van der Waals surface area contributed by atoms with Gasteiger partial charge in [0.05, 0.1) is 0 Å². The zero-order valence-electron chi connectivity index (χ0n) is 20.2. The Hall–Kier alpha value is -2.96. The van der Waals surface area contributed by atoms with E-state index in [-0.39, 0.29) is 0 Å². The van der Waals surface area contributed by atoms with Gasteiger partial charge in [-0.3, -0.25) is 4.79 Å². The van der Waals surface area contributed by atoms with E-state index in [0.29, 0.717) is 18.0 Å². The van der Waals surface area contributed by atoms with Crippen LogP contribution < -0.4 is 4.90 Å². The van der Waals surface area contributed by atoms with Crippen LogP contribution in [0.3, 0.4) is 0 Å². The topological polar surface area (TPSA) is 75.4 Å². The summed E-state index contributed by atoms with van der Waals surface area (Å²) in [5.41, 5.74) is 2.32. The lowest BCUT2D eigenvalue weighted by Gasteiger charge is -2.36. The van der Waals surface area contributed by atoms with Crippen molar-refractivity contribution in [3.05, 3.63) is 36.2 Å². The van der Waals surface area contributed by atoms with E-state index in [1.807, 2.05) is 35.2 Å². The van der Waals surface area contributed by atoms with Gasteiger partial charge in [0.1, 0.15) is 22.7 Å². The number of fused-ring (bicyclic) bond motifs is 1. The van der Waals surface area contributed by atoms with E-state index in [2.05, 4.69) is 22.0 Å². The summed E-state index contributed by atoms with van der Waals surface area (Å²) in [5.74, 6) is 2.74. The minimum atomic E-state index is 0.304. The highest BCUT2D eigenvalue weighted by molar-refractivity contribution is 5.98. The average molecular weight is 462 g/mol. The van der Waals surface area contributed by atoms with Gasteiger partial charge in [0, 0.05) is 44.6 Å². The number of benzene rings is 1. The summed E-state index contributed by atoms with van der Waals surface area (Å²) in [7, 11) is 0. The second-order valence-corrected chi connectivity index (χ2v) is 9.70. The highest BCUT2D eigenvalue weighted by Crippen LogP contribution is 2.34. The largest absolute Gasteiger partial charge is 0.352 e. The van der Waals surface area contributed by atoms with Crippen LogP contribution >= 0.6 is 0 Å². The summed E-state index contributed by atoms with van der Waals surface area (Å²) < 4.78 is 5.70. The van der Waals surface area contributed by atoms with Crippen molar-refractivity contribution >= 4 is 22.8 Å². The molecule has 1 saturated carbocycles. The van der Waals surface area contributed by atoms with Gasteiger partial charge in [0.2, 0.25) is 5.91 Å². The van der Waals surface area contributed by atoms with Gasteiger partial charge in [-0.05, 0) is 18.8 Å². The Morgan fingerprint density at radius 1 is 1.06 bits per heavy atom. The molecule has 1 aromatic carbocycles. The molecule has 0 spiro atoms. The van der Waals surface area contributed by atoms with Crippen molar-refractivity contribution in [2.24, 2.45) is 5.92 Å². The van der Waals surface area contributed by atoms with Gasteiger partial charge in [-0.1, -0.05) is 74.5 Å². The summed E-state index contributed by atoms with van der Waals surface area (Å²) in [6.45, 7) is 5.14. The summed E-state index contributed by atoms with van der Waals surface area (Å²) in [4.78, 5) is 26.8. The Kier molecular flexibility index (Phi) is 7.07. The fraction of sp³-hybridized carbons (Fsp3) is 0.556. The Morgan fingerprint density at radius 2 is 1.82 bits per heavy atom. The van der Waals surface area contributed by atoms with Crippen molar-refractivity contribution in [1.29, 1.82) is 0 Å². The second kappa shape index (κ2) is 10.5. The van der Waals surface area contributed by atoms with Gasteiger partial charge in [0.15, 0.2) is 0 Å². The standard InChI is InChI=1S/C27H35N5O2/c1-2-3-13-22-28-26(24-25(30-34-27(24)29-22)21-11-5-4-6-12-21)32-18-16-31(17-19-32)23(33)15-14-20-9-7-8-10-20/h4-6,11-12,20H,2-3,7-10,13-19H2,1H3. The van der Waals surface area contributed by atoms with Crippen LogP contribution in [0.1, 0.15) is 64.1 Å². The van der Waals surface area contributed by atoms with E-state index in [9.17, 15) is 4.79 Å². The molecule has 3 aromatic rings. The Morgan fingerprint density at radius 3 is 2.56 bits per heavy atom. The summed E-state index contributed by atoms with van der Waals surface area (Å²) in [5, 5.41) is 5.25. The molecule has 0 atom stereocenters. The number of piperazine rings is 1. The fourth-order valence-electron chi connectivity index (χ4n) is 5.30. The first-order chi connectivity index (χ1) is 16.7. The molecular formula is C27H35N5O2. The van der Waals surface area contributed by atoms with Crippen molar-refractivity contribution in [3.63, 3.8) is 0 Å². The minimum Gasteiger partial charge on any atom is -0.352 e. The van der Waals surface area contributed by atoms with Gasteiger partial charge in [-0.2, -0.15) is 4.98 Å². The van der Waals surface area contributed by atoms with E-state index in [0.717, 1.165) is 86.1 Å². The molecule has 1 aliphatic heterocycles. The molecule has 1 aliphatic carbocycles. The highest BCUT2D eigenvalue weighted by Gasteiger charge is 2.27. The zero-order chi connectivity index (χ0) is 23.3. The van der Waals surface area contributed by atoms with Crippen LogP contribution in [0, 0.1) is 5.92 Å². The lowest BCUT2D eigenvalue weighted by atomic mass is 10.0. The third-order valence-electron chi connectivity index (χ3n) is 7.34. The number of rotatable bonds is 8. The van der Waals surface area contributed by atoms with E-state index < -0.39 is 0 Å². The Bertz CT molecular complexity index is 1100. The quantitative estimate of drug-likeness (QED) is 0.456. The molecule has 7 heteroatoms. The SMILES string of the molecule is CCCCc1nc(N2CCN(C(=O)CCC3CCCC3)CC2)c2c(-c3ccccc3)noc2n1. The van der Waals surface area contributed by atoms with E-state index in [1.54, 1.807) is 0 Å². The Labute approximate surface area is 201 Å². The number of aryl methyl sites for hydroxylation is 1. The number of hydrogen-bond donors (Lipinski definition) is 0. The number of aromatic nitrogens is 3. The van der Waals surface area contributed by atoms with Crippen molar-refractivity contribution in [2.45, 2.75) is 64.7 Å². The molecule has 3 heterocycles. The van der Waals surface area contributed by atoms with Gasteiger partial charge in [-0.15, -0.1) is 0 Å². The number of nitrogens with zero attached hydrogens (tertiary/aromatic N) is 5. The second-order valence-electron chi connectivity index (χ2n) is 9.70. The molecule has 5 rings (SSSR count). The van der Waals surface area contributed by atoms with Gasteiger partial charge >= 0.3 is 0 Å². The summed E-state index contributed by atoms with van der Waals surface area (Å²) in [6, 6.07) is 10.1. The molecule has 0 radical (unpaired) electrons. The smallest absolute Gasteiger partial charge is 0.263 e.